The first-order valence-electron chi connectivity index (χ1n) is 4.94. The van der Waals surface area contributed by atoms with Gasteiger partial charge in [-0.3, -0.25) is 4.79 Å². The van der Waals surface area contributed by atoms with Crippen molar-refractivity contribution in [2.45, 2.75) is 6.92 Å². The van der Waals surface area contributed by atoms with Gasteiger partial charge in [0.25, 0.3) is 0 Å². The van der Waals surface area contributed by atoms with Crippen molar-refractivity contribution in [1.29, 1.82) is 0 Å². The molecule has 3 nitrogen and oxygen atoms in total. The number of ether oxygens (including phenoxy) is 1. The van der Waals surface area contributed by atoms with E-state index >= 15 is 0 Å². The van der Waals surface area contributed by atoms with Gasteiger partial charge in [0.1, 0.15) is 5.75 Å². The van der Waals surface area contributed by atoms with Gasteiger partial charge in [-0.05, 0) is 25.1 Å². The molecule has 0 aliphatic rings. The fourth-order valence-corrected chi connectivity index (χ4v) is 1.36. The minimum absolute atomic E-state index is 0.525. The van der Waals surface area contributed by atoms with Gasteiger partial charge >= 0.3 is 0 Å². The topological polar surface area (TPSA) is 39.2 Å². The van der Waals surface area contributed by atoms with Crippen molar-refractivity contribution in [1.82, 2.24) is 4.98 Å². The largest absolute Gasteiger partial charge is 0.439 e. The smallest absolute Gasteiger partial charge is 0.222 e. The molecule has 16 heavy (non-hydrogen) atoms. The summed E-state index contributed by atoms with van der Waals surface area (Å²) in [5.74, 6) is 1.26. The van der Waals surface area contributed by atoms with Gasteiger partial charge in [-0.1, -0.05) is 18.2 Å². The van der Waals surface area contributed by atoms with E-state index in [1.165, 1.54) is 6.20 Å². The zero-order chi connectivity index (χ0) is 11.4. The van der Waals surface area contributed by atoms with E-state index in [-0.39, 0.29) is 0 Å². The number of carbonyl (C=O) groups is 1. The Labute approximate surface area is 93.7 Å². The quantitative estimate of drug-likeness (QED) is 0.736. The summed E-state index contributed by atoms with van der Waals surface area (Å²) in [7, 11) is 0. The average molecular weight is 213 g/mol. The zero-order valence-corrected chi connectivity index (χ0v) is 8.88. The van der Waals surface area contributed by atoms with Crippen molar-refractivity contribution in [3.05, 3.63) is 53.7 Å². The third-order valence-corrected chi connectivity index (χ3v) is 2.15. The summed E-state index contributed by atoms with van der Waals surface area (Å²) >= 11 is 0. The molecular weight excluding hydrogens is 202 g/mol. The highest BCUT2D eigenvalue weighted by Gasteiger charge is 2.03. The van der Waals surface area contributed by atoms with Gasteiger partial charge in [0.05, 0.1) is 0 Å². The lowest BCUT2D eigenvalue weighted by atomic mass is 10.2. The Morgan fingerprint density at radius 1 is 1.25 bits per heavy atom. The van der Waals surface area contributed by atoms with Gasteiger partial charge in [0, 0.05) is 17.3 Å². The molecule has 0 amide bonds. The molecule has 1 aromatic heterocycles. The molecule has 0 saturated carbocycles. The molecule has 3 heteroatoms. The van der Waals surface area contributed by atoms with Crippen LogP contribution in [0.1, 0.15) is 15.9 Å². The summed E-state index contributed by atoms with van der Waals surface area (Å²) in [6, 6.07) is 11.2. The number of nitrogens with zero attached hydrogens (tertiary/aromatic N) is 1. The van der Waals surface area contributed by atoms with Gasteiger partial charge in [0.15, 0.2) is 6.29 Å². The van der Waals surface area contributed by atoms with Crippen molar-refractivity contribution in [2.75, 3.05) is 0 Å². The average Bonchev–Trinajstić information content (AvgIpc) is 2.33. The van der Waals surface area contributed by atoms with Crippen LogP contribution in [0, 0.1) is 6.92 Å². The van der Waals surface area contributed by atoms with Crippen LogP contribution in [-0.4, -0.2) is 11.3 Å². The number of benzene rings is 1. The number of para-hydroxylation sites is 1. The fraction of sp³-hybridized carbons (Fsp3) is 0.0769. The number of aromatic nitrogens is 1. The van der Waals surface area contributed by atoms with Crippen LogP contribution in [0.2, 0.25) is 0 Å². The second-order valence-corrected chi connectivity index (χ2v) is 3.42. The van der Waals surface area contributed by atoms with Crippen LogP contribution in [0.4, 0.5) is 0 Å². The van der Waals surface area contributed by atoms with Crippen molar-refractivity contribution < 1.29 is 9.53 Å². The molecular formula is C13H11NO2. The van der Waals surface area contributed by atoms with Gasteiger partial charge in [-0.25, -0.2) is 4.98 Å². The van der Waals surface area contributed by atoms with E-state index in [0.717, 1.165) is 17.6 Å². The number of carbonyl (C=O) groups excluding carboxylic acids is 1. The van der Waals surface area contributed by atoms with Crippen molar-refractivity contribution in [3.63, 3.8) is 0 Å². The second-order valence-electron chi connectivity index (χ2n) is 3.42. The molecule has 0 aliphatic heterocycles. The highest BCUT2D eigenvalue weighted by molar-refractivity contribution is 5.74. The van der Waals surface area contributed by atoms with Crippen molar-refractivity contribution >= 4 is 6.29 Å². The molecule has 1 aromatic carbocycles. The van der Waals surface area contributed by atoms with Gasteiger partial charge < -0.3 is 4.74 Å². The fourth-order valence-electron chi connectivity index (χ4n) is 1.36. The first-order chi connectivity index (χ1) is 7.79. The molecule has 80 valence electrons. The van der Waals surface area contributed by atoms with Crippen molar-refractivity contribution in [2.24, 2.45) is 0 Å². The third kappa shape index (κ3) is 2.25. The van der Waals surface area contributed by atoms with E-state index in [0.29, 0.717) is 11.4 Å². The predicted molar refractivity (Wildman–Crippen MR) is 60.9 cm³/mol. The maximum Gasteiger partial charge on any atom is 0.222 e. The number of pyridine rings is 1. The number of rotatable bonds is 3. The summed E-state index contributed by atoms with van der Waals surface area (Å²) in [6.45, 7) is 1.86. The van der Waals surface area contributed by atoms with Crippen LogP contribution in [0.5, 0.6) is 11.6 Å². The Morgan fingerprint density at radius 2 is 2.00 bits per heavy atom. The van der Waals surface area contributed by atoms with E-state index in [1.807, 2.05) is 37.3 Å². The molecule has 0 bridgehead atoms. The second kappa shape index (κ2) is 4.57. The highest BCUT2D eigenvalue weighted by Crippen LogP contribution is 2.22. The number of aldehydes is 1. The molecule has 0 unspecified atom stereocenters. The first kappa shape index (κ1) is 10.4. The number of aryl methyl sites for hydroxylation is 1. The minimum atomic E-state index is 0.525. The molecule has 0 spiro atoms. The van der Waals surface area contributed by atoms with Crippen LogP contribution < -0.4 is 4.74 Å². The predicted octanol–water partition coefficient (Wildman–Crippen LogP) is 2.99. The Hall–Kier alpha value is -2.16. The van der Waals surface area contributed by atoms with E-state index in [1.54, 1.807) is 6.07 Å². The van der Waals surface area contributed by atoms with Gasteiger partial charge in [-0.15, -0.1) is 0 Å². The highest BCUT2D eigenvalue weighted by atomic mass is 16.5. The Balaban J connectivity index is 2.25. The van der Waals surface area contributed by atoms with Crippen molar-refractivity contribution in [3.8, 4) is 11.6 Å². The van der Waals surface area contributed by atoms with Crippen LogP contribution in [0.15, 0.2) is 42.6 Å². The summed E-state index contributed by atoms with van der Waals surface area (Å²) < 4.78 is 5.58. The monoisotopic (exact) mass is 213 g/mol. The standard InChI is InChI=1S/C13H11NO2/c1-10-7-11(9-15)8-14-13(10)16-12-5-3-2-4-6-12/h2-9H,1H3. The summed E-state index contributed by atoms with van der Waals surface area (Å²) in [6.07, 6.45) is 2.27. The van der Waals surface area contributed by atoms with E-state index in [2.05, 4.69) is 4.98 Å². The van der Waals surface area contributed by atoms with Gasteiger partial charge in [-0.2, -0.15) is 0 Å². The molecule has 0 saturated heterocycles. The molecule has 0 fully saturated rings. The van der Waals surface area contributed by atoms with Crippen LogP contribution in [-0.2, 0) is 0 Å². The molecule has 2 rings (SSSR count). The molecule has 0 radical (unpaired) electrons. The Kier molecular flexibility index (Phi) is 2.96. The molecule has 1 heterocycles. The summed E-state index contributed by atoms with van der Waals surface area (Å²) in [4.78, 5) is 14.6. The SMILES string of the molecule is Cc1cc(C=O)cnc1Oc1ccccc1. The Morgan fingerprint density at radius 3 is 2.62 bits per heavy atom. The normalized spacial score (nSPS) is 9.81. The molecule has 2 aromatic rings. The summed E-state index contributed by atoms with van der Waals surface area (Å²) in [5, 5.41) is 0. The molecule has 0 atom stereocenters. The van der Waals surface area contributed by atoms with E-state index in [9.17, 15) is 4.79 Å². The van der Waals surface area contributed by atoms with Crippen LogP contribution in [0.3, 0.4) is 0 Å². The summed E-state index contributed by atoms with van der Waals surface area (Å²) in [5.41, 5.74) is 1.39. The minimum Gasteiger partial charge on any atom is -0.439 e. The zero-order valence-electron chi connectivity index (χ0n) is 8.88. The maximum absolute atomic E-state index is 10.5. The number of hydrogen-bond acceptors (Lipinski definition) is 3. The lowest BCUT2D eigenvalue weighted by Gasteiger charge is -2.07. The van der Waals surface area contributed by atoms with Gasteiger partial charge in [0.2, 0.25) is 5.88 Å². The molecule has 0 N–H and O–H groups in total. The maximum atomic E-state index is 10.5. The van der Waals surface area contributed by atoms with E-state index < -0.39 is 0 Å². The number of hydrogen-bond donors (Lipinski definition) is 0. The Bertz CT molecular complexity index is 495. The van der Waals surface area contributed by atoms with Crippen LogP contribution in [0.25, 0.3) is 0 Å². The van der Waals surface area contributed by atoms with E-state index in [4.69, 9.17) is 4.74 Å². The lowest BCUT2D eigenvalue weighted by Crippen LogP contribution is -1.93. The molecule has 0 aliphatic carbocycles. The first-order valence-corrected chi connectivity index (χ1v) is 4.94. The van der Waals surface area contributed by atoms with Crippen LogP contribution >= 0.6 is 0 Å². The lowest BCUT2D eigenvalue weighted by molar-refractivity contribution is 0.112. The third-order valence-electron chi connectivity index (χ3n) is 2.15.